The Bertz CT molecular complexity index is 1320. The van der Waals surface area contributed by atoms with E-state index in [1.807, 2.05) is 18.2 Å². The molecule has 0 aliphatic carbocycles. The Hall–Kier alpha value is -3.73. The van der Waals surface area contributed by atoms with Crippen molar-refractivity contribution in [2.24, 2.45) is 0 Å². The van der Waals surface area contributed by atoms with Gasteiger partial charge in [-0.1, -0.05) is 6.07 Å². The van der Waals surface area contributed by atoms with Crippen LogP contribution in [0.4, 0.5) is 23.7 Å². The number of furan rings is 1. The van der Waals surface area contributed by atoms with E-state index in [0.29, 0.717) is 24.5 Å². The normalized spacial score (nSPS) is 13.8. The molecule has 1 aliphatic heterocycles. The van der Waals surface area contributed by atoms with E-state index in [9.17, 15) is 13.6 Å². The molecule has 4 aromatic rings. The van der Waals surface area contributed by atoms with Crippen molar-refractivity contribution < 1.29 is 26.8 Å². The topological polar surface area (TPSA) is 75.6 Å². The molecule has 0 saturated carbocycles. The van der Waals surface area contributed by atoms with Crippen LogP contribution < -0.4 is 4.90 Å². The molecule has 11 heteroatoms. The van der Waals surface area contributed by atoms with E-state index in [1.54, 1.807) is 41.1 Å². The lowest BCUT2D eigenvalue weighted by Gasteiger charge is -2.33. The van der Waals surface area contributed by atoms with Crippen LogP contribution in [0.3, 0.4) is 0 Å². The number of hydrogen-bond donors (Lipinski definition) is 0. The number of aromatic nitrogens is 2. The SMILES string of the molecule is O=C(N1CCSCC1)N(Cc1ccc(-c2nnc(C(F)F)o2)cc1F)c1ccc(-c2ccco2)cc1. The van der Waals surface area contributed by atoms with E-state index in [2.05, 4.69) is 10.2 Å². The number of thioether (sulfide) groups is 1. The van der Waals surface area contributed by atoms with Crippen LogP contribution in [0.1, 0.15) is 17.9 Å². The van der Waals surface area contributed by atoms with Gasteiger partial charge < -0.3 is 13.7 Å². The fourth-order valence-electron chi connectivity index (χ4n) is 3.86. The van der Waals surface area contributed by atoms with Gasteiger partial charge in [-0.05, 0) is 48.5 Å². The van der Waals surface area contributed by atoms with Gasteiger partial charge in [0.25, 0.3) is 5.89 Å². The second-order valence-electron chi connectivity index (χ2n) is 8.04. The highest BCUT2D eigenvalue weighted by Crippen LogP contribution is 2.29. The highest BCUT2D eigenvalue weighted by molar-refractivity contribution is 7.99. The molecule has 0 spiro atoms. The Morgan fingerprint density at radius 2 is 1.81 bits per heavy atom. The highest BCUT2D eigenvalue weighted by atomic mass is 32.2. The van der Waals surface area contributed by atoms with E-state index in [1.165, 1.54) is 17.0 Å². The average Bonchev–Trinajstić information content (AvgIpc) is 3.61. The van der Waals surface area contributed by atoms with Crippen LogP contribution in [0.5, 0.6) is 0 Å². The summed E-state index contributed by atoms with van der Waals surface area (Å²) in [6.07, 6.45) is -1.33. The first-order valence-electron chi connectivity index (χ1n) is 11.2. The minimum absolute atomic E-state index is 0.0270. The molecule has 1 aliphatic rings. The van der Waals surface area contributed by atoms with Crippen molar-refractivity contribution in [3.8, 4) is 22.8 Å². The van der Waals surface area contributed by atoms with Crippen LogP contribution in [-0.4, -0.2) is 45.7 Å². The standard InChI is InChI=1S/C25H21F3N4O3S/c26-20-14-17(23-29-30-24(35-23)22(27)28)3-4-18(20)15-32(25(33)31-9-12-36-13-10-31)19-7-5-16(6-8-19)21-2-1-11-34-21/h1-8,11,14,22H,9-10,12-13,15H2. The van der Waals surface area contributed by atoms with Crippen molar-refractivity contribution in [2.45, 2.75) is 13.0 Å². The summed E-state index contributed by atoms with van der Waals surface area (Å²) in [4.78, 5) is 16.8. The van der Waals surface area contributed by atoms with Gasteiger partial charge in [0, 0.05) is 47.0 Å². The van der Waals surface area contributed by atoms with Gasteiger partial charge in [0.15, 0.2) is 0 Å². The van der Waals surface area contributed by atoms with Crippen LogP contribution in [0.2, 0.25) is 0 Å². The summed E-state index contributed by atoms with van der Waals surface area (Å²) in [6, 6.07) is 14.8. The zero-order valence-corrected chi connectivity index (χ0v) is 19.8. The van der Waals surface area contributed by atoms with E-state index < -0.39 is 18.1 Å². The molecule has 36 heavy (non-hydrogen) atoms. The van der Waals surface area contributed by atoms with Gasteiger partial charge in [-0.2, -0.15) is 20.5 Å². The fourth-order valence-corrected chi connectivity index (χ4v) is 4.76. The number of anilines is 1. The lowest BCUT2D eigenvalue weighted by atomic mass is 10.1. The molecule has 186 valence electrons. The molecule has 0 bridgehead atoms. The number of urea groups is 1. The Morgan fingerprint density at radius 3 is 2.44 bits per heavy atom. The van der Waals surface area contributed by atoms with Crippen molar-refractivity contribution in [1.82, 2.24) is 15.1 Å². The Kier molecular flexibility index (Phi) is 6.99. The lowest BCUT2D eigenvalue weighted by Crippen LogP contribution is -2.46. The van der Waals surface area contributed by atoms with Crippen LogP contribution in [0.15, 0.2) is 69.7 Å². The number of amides is 2. The fraction of sp³-hybridized carbons (Fsp3) is 0.240. The van der Waals surface area contributed by atoms with Crippen LogP contribution >= 0.6 is 11.8 Å². The van der Waals surface area contributed by atoms with Crippen LogP contribution in [0, 0.1) is 5.82 Å². The second-order valence-corrected chi connectivity index (χ2v) is 9.27. The largest absolute Gasteiger partial charge is 0.464 e. The molecule has 1 fully saturated rings. The maximum atomic E-state index is 15.1. The number of carbonyl (C=O) groups is 1. The monoisotopic (exact) mass is 514 g/mol. The number of rotatable bonds is 6. The van der Waals surface area contributed by atoms with Gasteiger partial charge >= 0.3 is 12.5 Å². The van der Waals surface area contributed by atoms with Gasteiger partial charge in [0.05, 0.1) is 12.8 Å². The molecule has 3 heterocycles. The van der Waals surface area contributed by atoms with Crippen LogP contribution in [0.25, 0.3) is 22.8 Å². The molecule has 2 amide bonds. The molecular weight excluding hydrogens is 493 g/mol. The van der Waals surface area contributed by atoms with E-state index in [0.717, 1.165) is 23.1 Å². The lowest BCUT2D eigenvalue weighted by molar-refractivity contribution is 0.116. The van der Waals surface area contributed by atoms with Crippen molar-refractivity contribution in [2.75, 3.05) is 29.5 Å². The molecule has 0 unspecified atom stereocenters. The van der Waals surface area contributed by atoms with Crippen molar-refractivity contribution in [3.05, 3.63) is 78.1 Å². The third-order valence-electron chi connectivity index (χ3n) is 5.75. The summed E-state index contributed by atoms with van der Waals surface area (Å²) >= 11 is 1.78. The number of hydrogen-bond acceptors (Lipinski definition) is 6. The van der Waals surface area contributed by atoms with Crippen molar-refractivity contribution in [3.63, 3.8) is 0 Å². The maximum Gasteiger partial charge on any atom is 0.324 e. The maximum absolute atomic E-state index is 15.1. The first-order chi connectivity index (χ1) is 17.5. The Labute approximate surface area is 208 Å². The predicted octanol–water partition coefficient (Wildman–Crippen LogP) is 6.25. The molecule has 2 aromatic heterocycles. The molecule has 2 aromatic carbocycles. The molecule has 0 radical (unpaired) electrons. The zero-order valence-electron chi connectivity index (χ0n) is 18.9. The molecule has 0 atom stereocenters. The minimum atomic E-state index is -2.91. The third kappa shape index (κ3) is 5.11. The molecule has 7 nitrogen and oxygen atoms in total. The summed E-state index contributed by atoms with van der Waals surface area (Å²) in [6.45, 7) is 1.19. The second kappa shape index (κ2) is 10.5. The van der Waals surface area contributed by atoms with Gasteiger partial charge in [0.2, 0.25) is 5.89 Å². The smallest absolute Gasteiger partial charge is 0.324 e. The number of nitrogens with zero attached hydrogens (tertiary/aromatic N) is 4. The average molecular weight is 515 g/mol. The summed E-state index contributed by atoms with van der Waals surface area (Å²) in [5.74, 6) is 0.719. The molecule has 5 rings (SSSR count). The first-order valence-corrected chi connectivity index (χ1v) is 12.3. The van der Waals surface area contributed by atoms with E-state index in [4.69, 9.17) is 8.83 Å². The van der Waals surface area contributed by atoms with Gasteiger partial charge in [0.1, 0.15) is 11.6 Å². The van der Waals surface area contributed by atoms with Gasteiger partial charge in [-0.3, -0.25) is 4.90 Å². The molecular formula is C25H21F3N4O3S. The molecule has 0 N–H and O–H groups in total. The van der Waals surface area contributed by atoms with Gasteiger partial charge in [-0.15, -0.1) is 10.2 Å². The zero-order chi connectivity index (χ0) is 25.1. The predicted molar refractivity (Wildman–Crippen MR) is 129 cm³/mol. The summed E-state index contributed by atoms with van der Waals surface area (Å²) in [5, 5.41) is 6.84. The summed E-state index contributed by atoms with van der Waals surface area (Å²) < 4.78 is 51.0. The summed E-state index contributed by atoms with van der Waals surface area (Å²) in [7, 11) is 0. The number of alkyl halides is 2. The first kappa shape index (κ1) is 24.0. The third-order valence-corrected chi connectivity index (χ3v) is 6.70. The van der Waals surface area contributed by atoms with Crippen LogP contribution in [-0.2, 0) is 6.54 Å². The van der Waals surface area contributed by atoms with Crippen molar-refractivity contribution >= 4 is 23.5 Å². The van der Waals surface area contributed by atoms with Crippen molar-refractivity contribution in [1.29, 1.82) is 0 Å². The Balaban J connectivity index is 1.42. The van der Waals surface area contributed by atoms with E-state index in [-0.39, 0.29) is 29.6 Å². The minimum Gasteiger partial charge on any atom is -0.464 e. The molecule has 1 saturated heterocycles. The number of halogens is 3. The van der Waals surface area contributed by atoms with Gasteiger partial charge in [-0.25, -0.2) is 9.18 Å². The Morgan fingerprint density at radius 1 is 1.06 bits per heavy atom. The highest BCUT2D eigenvalue weighted by Gasteiger charge is 2.26. The number of benzene rings is 2. The number of carbonyl (C=O) groups excluding carboxylic acids is 1. The van der Waals surface area contributed by atoms with E-state index >= 15 is 4.39 Å². The summed E-state index contributed by atoms with van der Waals surface area (Å²) in [5.41, 5.74) is 1.88. The quantitative estimate of drug-likeness (QED) is 0.303.